The van der Waals surface area contributed by atoms with Gasteiger partial charge in [-0.3, -0.25) is 4.79 Å². The minimum Gasteiger partial charge on any atom is -0.363 e. The molecule has 5 nitrogen and oxygen atoms in total. The van der Waals surface area contributed by atoms with Gasteiger partial charge in [0.2, 0.25) is 0 Å². The topological polar surface area (TPSA) is 59.0 Å². The van der Waals surface area contributed by atoms with Crippen molar-refractivity contribution in [2.45, 2.75) is 51.0 Å². The number of hydrogen-bond acceptors (Lipinski definition) is 3. The first-order chi connectivity index (χ1) is 12.7. The van der Waals surface area contributed by atoms with Gasteiger partial charge in [0, 0.05) is 23.0 Å². The predicted octanol–water partition coefficient (Wildman–Crippen LogP) is 4.83. The molecule has 1 aromatic heterocycles. The Hall–Kier alpha value is -2.03. The molecule has 0 fully saturated rings. The van der Waals surface area contributed by atoms with Gasteiger partial charge in [0.25, 0.3) is 5.91 Å². The smallest absolute Gasteiger partial charge is 0.363 e. The Labute approximate surface area is 163 Å². The van der Waals surface area contributed by atoms with E-state index < -0.39 is 24.2 Å². The fraction of sp³-hybridized carbons (Fsp3) is 0.444. The summed E-state index contributed by atoms with van der Waals surface area (Å²) in [4.78, 5) is 12.3. The van der Waals surface area contributed by atoms with Crippen LogP contribution in [0.4, 0.5) is 19.0 Å². The molecule has 1 aromatic carbocycles. The second-order valence-electron chi connectivity index (χ2n) is 6.68. The molecule has 3 atom stereocenters. The van der Waals surface area contributed by atoms with Crippen LogP contribution in [0.5, 0.6) is 0 Å². The lowest BCUT2D eigenvalue weighted by molar-refractivity contribution is -0.173. The lowest BCUT2D eigenvalue weighted by Crippen LogP contribution is -2.36. The number of nitrogens with zero attached hydrogens (tertiary/aromatic N) is 2. The van der Waals surface area contributed by atoms with E-state index in [0.29, 0.717) is 6.42 Å². The lowest BCUT2D eigenvalue weighted by Gasteiger charge is -2.33. The van der Waals surface area contributed by atoms with E-state index in [1.807, 2.05) is 13.8 Å². The molecule has 1 aliphatic rings. The zero-order valence-corrected chi connectivity index (χ0v) is 16.4. The normalized spacial score (nSPS) is 20.5. The third-order valence-electron chi connectivity index (χ3n) is 4.68. The Morgan fingerprint density at radius 3 is 2.67 bits per heavy atom. The SMILES string of the molecule is CC[C@@H](C)NC(=O)c1cc2n(n1)[C@H](C(F)(F)F)C[C@H](c1ccc(Br)cc1)N2. The van der Waals surface area contributed by atoms with Gasteiger partial charge in [0.15, 0.2) is 11.7 Å². The second kappa shape index (κ2) is 7.53. The highest BCUT2D eigenvalue weighted by atomic mass is 79.9. The highest BCUT2D eigenvalue weighted by molar-refractivity contribution is 9.10. The first-order valence-electron chi connectivity index (χ1n) is 8.68. The number of benzene rings is 1. The zero-order valence-electron chi connectivity index (χ0n) is 14.8. The fourth-order valence-corrected chi connectivity index (χ4v) is 3.26. The number of fused-ring (bicyclic) bond motifs is 1. The number of nitrogens with one attached hydrogen (secondary N) is 2. The quantitative estimate of drug-likeness (QED) is 0.709. The first kappa shape index (κ1) is 19.7. The summed E-state index contributed by atoms with van der Waals surface area (Å²) in [6.07, 6.45) is -3.96. The number of anilines is 1. The van der Waals surface area contributed by atoms with Crippen molar-refractivity contribution in [2.24, 2.45) is 0 Å². The van der Waals surface area contributed by atoms with Crippen LogP contribution in [0.15, 0.2) is 34.8 Å². The lowest BCUT2D eigenvalue weighted by atomic mass is 9.97. The molecule has 0 unspecified atom stereocenters. The molecule has 146 valence electrons. The molecule has 1 amide bonds. The van der Waals surface area contributed by atoms with E-state index >= 15 is 0 Å². The van der Waals surface area contributed by atoms with Crippen LogP contribution in [0.2, 0.25) is 0 Å². The van der Waals surface area contributed by atoms with Gasteiger partial charge in [-0.15, -0.1) is 0 Å². The van der Waals surface area contributed by atoms with E-state index in [2.05, 4.69) is 31.7 Å². The van der Waals surface area contributed by atoms with Crippen molar-refractivity contribution < 1.29 is 18.0 Å². The summed E-state index contributed by atoms with van der Waals surface area (Å²) in [6.45, 7) is 3.74. The molecule has 1 aliphatic heterocycles. The number of amides is 1. The third kappa shape index (κ3) is 4.28. The van der Waals surface area contributed by atoms with Crippen molar-refractivity contribution in [1.82, 2.24) is 15.1 Å². The summed E-state index contributed by atoms with van der Waals surface area (Å²) in [7, 11) is 0. The van der Waals surface area contributed by atoms with Gasteiger partial charge in [-0.1, -0.05) is 35.0 Å². The van der Waals surface area contributed by atoms with Crippen molar-refractivity contribution in [3.05, 3.63) is 46.1 Å². The summed E-state index contributed by atoms with van der Waals surface area (Å²) in [5.41, 5.74) is 0.717. The van der Waals surface area contributed by atoms with Crippen LogP contribution in [0.25, 0.3) is 0 Å². The fourth-order valence-electron chi connectivity index (χ4n) is 3.00. The van der Waals surface area contributed by atoms with Crippen molar-refractivity contribution in [1.29, 1.82) is 0 Å². The number of halogens is 4. The molecule has 0 saturated carbocycles. The molecule has 0 saturated heterocycles. The molecule has 0 bridgehead atoms. The second-order valence-corrected chi connectivity index (χ2v) is 7.60. The number of carbonyl (C=O) groups is 1. The van der Waals surface area contributed by atoms with Crippen LogP contribution in [0, 0.1) is 0 Å². The highest BCUT2D eigenvalue weighted by Gasteiger charge is 2.46. The molecule has 9 heteroatoms. The molecule has 0 radical (unpaired) electrons. The largest absolute Gasteiger partial charge is 0.410 e. The Balaban J connectivity index is 1.93. The standard InChI is InChI=1S/C18H20BrF3N4O/c1-3-10(2)23-17(27)14-9-16-24-13(11-4-6-12(19)7-5-11)8-15(18(20,21)22)26(16)25-14/h4-7,9-10,13,15,24H,3,8H2,1-2H3,(H,23,27)/t10-,13-,15+/m1/s1. The molecule has 0 spiro atoms. The number of hydrogen-bond donors (Lipinski definition) is 2. The number of aromatic nitrogens is 2. The minimum atomic E-state index is -4.47. The van der Waals surface area contributed by atoms with Gasteiger partial charge in [0.1, 0.15) is 5.82 Å². The van der Waals surface area contributed by atoms with E-state index in [1.165, 1.54) is 6.07 Å². The number of alkyl halides is 3. The van der Waals surface area contributed by atoms with Crippen LogP contribution in [0.3, 0.4) is 0 Å². The third-order valence-corrected chi connectivity index (χ3v) is 5.21. The van der Waals surface area contributed by atoms with Crippen LogP contribution < -0.4 is 10.6 Å². The first-order valence-corrected chi connectivity index (χ1v) is 9.47. The molecular formula is C18H20BrF3N4O. The molecular weight excluding hydrogens is 425 g/mol. The van der Waals surface area contributed by atoms with Crippen molar-refractivity contribution in [3.63, 3.8) is 0 Å². The van der Waals surface area contributed by atoms with Crippen molar-refractivity contribution in [3.8, 4) is 0 Å². The van der Waals surface area contributed by atoms with Crippen LogP contribution in [-0.2, 0) is 0 Å². The molecule has 27 heavy (non-hydrogen) atoms. The van der Waals surface area contributed by atoms with Crippen LogP contribution >= 0.6 is 15.9 Å². The van der Waals surface area contributed by atoms with Crippen LogP contribution in [0.1, 0.15) is 54.8 Å². The maximum Gasteiger partial charge on any atom is 0.410 e. The van der Waals surface area contributed by atoms with Crippen LogP contribution in [-0.4, -0.2) is 27.9 Å². The van der Waals surface area contributed by atoms with Gasteiger partial charge in [-0.25, -0.2) is 4.68 Å². The monoisotopic (exact) mass is 444 g/mol. The van der Waals surface area contributed by atoms with Crippen molar-refractivity contribution in [2.75, 3.05) is 5.32 Å². The molecule has 2 heterocycles. The average molecular weight is 445 g/mol. The number of carbonyl (C=O) groups excluding carboxylic acids is 1. The van der Waals surface area contributed by atoms with E-state index in [1.54, 1.807) is 24.3 Å². The molecule has 2 aromatic rings. The molecule has 3 rings (SSSR count). The summed E-state index contributed by atoms with van der Waals surface area (Å²) < 4.78 is 42.7. The van der Waals surface area contributed by atoms with E-state index in [4.69, 9.17) is 0 Å². The summed E-state index contributed by atoms with van der Waals surface area (Å²) in [5.74, 6) is -0.292. The Morgan fingerprint density at radius 1 is 1.41 bits per heavy atom. The van der Waals surface area contributed by atoms with Gasteiger partial charge in [0.05, 0.1) is 6.04 Å². The van der Waals surface area contributed by atoms with E-state index in [9.17, 15) is 18.0 Å². The van der Waals surface area contributed by atoms with Gasteiger partial charge in [-0.2, -0.15) is 18.3 Å². The van der Waals surface area contributed by atoms with Gasteiger partial charge in [-0.05, 0) is 31.0 Å². The molecule has 2 N–H and O–H groups in total. The summed E-state index contributed by atoms with van der Waals surface area (Å²) >= 11 is 3.32. The highest BCUT2D eigenvalue weighted by Crippen LogP contribution is 2.43. The Morgan fingerprint density at radius 2 is 2.07 bits per heavy atom. The van der Waals surface area contributed by atoms with Gasteiger partial charge >= 0.3 is 6.18 Å². The Kier molecular flexibility index (Phi) is 5.50. The van der Waals surface area contributed by atoms with E-state index in [0.717, 1.165) is 14.7 Å². The maximum absolute atomic E-state index is 13.7. The minimum absolute atomic E-state index is 0.0245. The van der Waals surface area contributed by atoms with Crippen molar-refractivity contribution >= 4 is 27.7 Å². The summed E-state index contributed by atoms with van der Waals surface area (Å²) in [6, 6.07) is 6.09. The predicted molar refractivity (Wildman–Crippen MR) is 99.7 cm³/mol. The number of rotatable bonds is 4. The Bertz CT molecular complexity index is 819. The maximum atomic E-state index is 13.7. The van der Waals surface area contributed by atoms with E-state index in [-0.39, 0.29) is 24.0 Å². The summed E-state index contributed by atoms with van der Waals surface area (Å²) in [5, 5.41) is 9.75. The van der Waals surface area contributed by atoms with Gasteiger partial charge < -0.3 is 10.6 Å². The zero-order chi connectivity index (χ0) is 19.8. The molecule has 0 aliphatic carbocycles. The average Bonchev–Trinajstić information content (AvgIpc) is 3.04.